The minimum atomic E-state index is -0.190. The van der Waals surface area contributed by atoms with Crippen LogP contribution in [0.15, 0.2) is 18.3 Å². The molecule has 1 aromatic rings. The van der Waals surface area contributed by atoms with E-state index in [0.717, 1.165) is 32.1 Å². The molecule has 1 saturated carbocycles. The fourth-order valence-electron chi connectivity index (χ4n) is 2.51. The highest BCUT2D eigenvalue weighted by molar-refractivity contribution is 6.30. The van der Waals surface area contributed by atoms with Crippen LogP contribution in [0.3, 0.4) is 0 Å². The van der Waals surface area contributed by atoms with E-state index in [1.54, 1.807) is 18.3 Å². The highest BCUT2D eigenvalue weighted by atomic mass is 35.5. The van der Waals surface area contributed by atoms with E-state index in [0.29, 0.717) is 10.8 Å². The second-order valence-electron chi connectivity index (χ2n) is 4.65. The van der Waals surface area contributed by atoms with Crippen molar-refractivity contribution in [1.82, 2.24) is 4.98 Å². The lowest BCUT2D eigenvalue weighted by molar-refractivity contribution is -0.125. The third kappa shape index (κ3) is 2.60. The van der Waals surface area contributed by atoms with Crippen molar-refractivity contribution < 1.29 is 4.79 Å². The van der Waals surface area contributed by atoms with Crippen LogP contribution >= 0.6 is 11.6 Å². The molecule has 0 radical (unpaired) electrons. The summed E-state index contributed by atoms with van der Waals surface area (Å²) in [6, 6.07) is 3.38. The molecule has 4 heteroatoms. The van der Waals surface area contributed by atoms with Crippen LogP contribution in [0, 0.1) is 5.41 Å². The number of anilines is 1. The van der Waals surface area contributed by atoms with Gasteiger partial charge in [0.2, 0.25) is 5.91 Å². The number of pyridine rings is 1. The molecular weight excluding hydrogens is 236 g/mol. The van der Waals surface area contributed by atoms with Crippen LogP contribution in [0.5, 0.6) is 0 Å². The van der Waals surface area contributed by atoms with Crippen molar-refractivity contribution in [3.63, 3.8) is 0 Å². The normalized spacial score (nSPS) is 18.0. The van der Waals surface area contributed by atoms with E-state index in [2.05, 4.69) is 17.2 Å². The fourth-order valence-corrected chi connectivity index (χ4v) is 2.67. The van der Waals surface area contributed by atoms with Gasteiger partial charge in [0.05, 0.1) is 0 Å². The number of rotatable bonds is 3. The molecule has 1 N–H and O–H groups in total. The first-order valence-corrected chi connectivity index (χ1v) is 6.47. The standard InChI is InChI=1S/C13H17ClN2O/c1-2-13(6-3-4-7-13)12(17)16-11-9-10(14)5-8-15-11/h5,8-9H,2-4,6-7H2,1H3,(H,15,16,17). The topological polar surface area (TPSA) is 42.0 Å². The number of carbonyl (C=O) groups is 1. The predicted octanol–water partition coefficient (Wildman–Crippen LogP) is 3.64. The second kappa shape index (κ2) is 5.05. The summed E-state index contributed by atoms with van der Waals surface area (Å²) in [6.07, 6.45) is 6.74. The molecule has 1 fully saturated rings. The number of aromatic nitrogens is 1. The number of amides is 1. The summed E-state index contributed by atoms with van der Waals surface area (Å²) in [6.45, 7) is 2.08. The number of nitrogens with zero attached hydrogens (tertiary/aromatic N) is 1. The smallest absolute Gasteiger partial charge is 0.231 e. The molecule has 0 unspecified atom stereocenters. The van der Waals surface area contributed by atoms with Gasteiger partial charge in [0.25, 0.3) is 0 Å². The third-order valence-corrected chi connectivity index (χ3v) is 3.92. The van der Waals surface area contributed by atoms with Gasteiger partial charge in [-0.2, -0.15) is 0 Å². The molecule has 1 aliphatic carbocycles. The van der Waals surface area contributed by atoms with E-state index in [9.17, 15) is 4.79 Å². The fraction of sp³-hybridized carbons (Fsp3) is 0.538. The Morgan fingerprint density at radius 2 is 2.24 bits per heavy atom. The summed E-state index contributed by atoms with van der Waals surface area (Å²) in [5, 5.41) is 3.47. The molecule has 0 spiro atoms. The molecule has 0 atom stereocenters. The Kier molecular flexibility index (Phi) is 3.67. The Labute approximate surface area is 107 Å². The highest BCUT2D eigenvalue weighted by Crippen LogP contribution is 2.41. The molecule has 17 heavy (non-hydrogen) atoms. The zero-order valence-corrected chi connectivity index (χ0v) is 10.8. The summed E-state index contributed by atoms with van der Waals surface area (Å²) in [5.74, 6) is 0.634. The molecule has 0 bridgehead atoms. The van der Waals surface area contributed by atoms with Crippen molar-refractivity contribution in [3.8, 4) is 0 Å². The Hall–Kier alpha value is -1.09. The second-order valence-corrected chi connectivity index (χ2v) is 5.09. The molecule has 1 heterocycles. The van der Waals surface area contributed by atoms with Crippen LogP contribution in [0.25, 0.3) is 0 Å². The van der Waals surface area contributed by atoms with Crippen molar-refractivity contribution in [3.05, 3.63) is 23.4 Å². The molecule has 2 rings (SSSR count). The largest absolute Gasteiger partial charge is 0.310 e. The van der Waals surface area contributed by atoms with Gasteiger partial charge in [-0.25, -0.2) is 4.98 Å². The molecule has 3 nitrogen and oxygen atoms in total. The Bertz CT molecular complexity index is 414. The minimum Gasteiger partial charge on any atom is -0.310 e. The van der Waals surface area contributed by atoms with Gasteiger partial charge in [0, 0.05) is 16.6 Å². The van der Waals surface area contributed by atoms with Gasteiger partial charge in [0.15, 0.2) is 0 Å². The van der Waals surface area contributed by atoms with E-state index in [1.165, 1.54) is 0 Å². The van der Waals surface area contributed by atoms with Crippen LogP contribution in [0.2, 0.25) is 5.02 Å². The average Bonchev–Trinajstić information content (AvgIpc) is 2.78. The molecule has 1 aliphatic rings. The van der Waals surface area contributed by atoms with Crippen molar-refractivity contribution in [2.45, 2.75) is 39.0 Å². The van der Waals surface area contributed by atoms with Gasteiger partial charge in [-0.1, -0.05) is 31.4 Å². The molecule has 0 aliphatic heterocycles. The van der Waals surface area contributed by atoms with Gasteiger partial charge in [-0.15, -0.1) is 0 Å². The summed E-state index contributed by atoms with van der Waals surface area (Å²) in [7, 11) is 0. The minimum absolute atomic E-state index is 0.0901. The van der Waals surface area contributed by atoms with Crippen molar-refractivity contribution in [1.29, 1.82) is 0 Å². The third-order valence-electron chi connectivity index (χ3n) is 3.68. The van der Waals surface area contributed by atoms with Gasteiger partial charge >= 0.3 is 0 Å². The molecule has 0 aromatic carbocycles. The Balaban J connectivity index is 2.10. The SMILES string of the molecule is CCC1(C(=O)Nc2cc(Cl)ccn2)CCCC1. The van der Waals surface area contributed by atoms with Gasteiger partial charge in [-0.05, 0) is 31.4 Å². The maximum atomic E-state index is 12.3. The van der Waals surface area contributed by atoms with Crippen LogP contribution in [0.4, 0.5) is 5.82 Å². The zero-order chi connectivity index (χ0) is 12.3. The average molecular weight is 253 g/mol. The lowest BCUT2D eigenvalue weighted by atomic mass is 9.82. The molecule has 92 valence electrons. The van der Waals surface area contributed by atoms with E-state index in [1.807, 2.05) is 0 Å². The Morgan fingerprint density at radius 1 is 1.53 bits per heavy atom. The summed E-state index contributed by atoms with van der Waals surface area (Å²) >= 11 is 5.87. The van der Waals surface area contributed by atoms with Gasteiger partial charge < -0.3 is 5.32 Å². The lowest BCUT2D eigenvalue weighted by Crippen LogP contribution is -2.33. The predicted molar refractivity (Wildman–Crippen MR) is 69.1 cm³/mol. The number of nitrogens with one attached hydrogen (secondary N) is 1. The Morgan fingerprint density at radius 3 is 2.82 bits per heavy atom. The van der Waals surface area contributed by atoms with Crippen LogP contribution in [-0.4, -0.2) is 10.9 Å². The molecule has 0 saturated heterocycles. The van der Waals surface area contributed by atoms with E-state index in [4.69, 9.17) is 11.6 Å². The van der Waals surface area contributed by atoms with Crippen molar-refractivity contribution in [2.24, 2.45) is 5.41 Å². The molecular formula is C13H17ClN2O. The van der Waals surface area contributed by atoms with Crippen LogP contribution in [-0.2, 0) is 4.79 Å². The van der Waals surface area contributed by atoms with E-state index in [-0.39, 0.29) is 11.3 Å². The number of hydrogen-bond acceptors (Lipinski definition) is 2. The first-order chi connectivity index (χ1) is 8.16. The lowest BCUT2D eigenvalue weighted by Gasteiger charge is -2.25. The van der Waals surface area contributed by atoms with Crippen molar-refractivity contribution >= 4 is 23.3 Å². The van der Waals surface area contributed by atoms with E-state index >= 15 is 0 Å². The molecule has 1 aromatic heterocycles. The van der Waals surface area contributed by atoms with Gasteiger partial charge in [-0.3, -0.25) is 4.79 Å². The van der Waals surface area contributed by atoms with Crippen molar-refractivity contribution in [2.75, 3.05) is 5.32 Å². The first-order valence-electron chi connectivity index (χ1n) is 6.09. The van der Waals surface area contributed by atoms with E-state index < -0.39 is 0 Å². The summed E-state index contributed by atoms with van der Waals surface area (Å²) < 4.78 is 0. The monoisotopic (exact) mass is 252 g/mol. The maximum Gasteiger partial charge on any atom is 0.231 e. The summed E-state index contributed by atoms with van der Waals surface area (Å²) in [4.78, 5) is 16.4. The highest BCUT2D eigenvalue weighted by Gasteiger charge is 2.39. The summed E-state index contributed by atoms with van der Waals surface area (Å²) in [5.41, 5.74) is -0.190. The molecule has 1 amide bonds. The number of carbonyl (C=O) groups excluding carboxylic acids is 1. The van der Waals surface area contributed by atoms with Crippen LogP contribution in [0.1, 0.15) is 39.0 Å². The number of hydrogen-bond donors (Lipinski definition) is 1. The zero-order valence-electron chi connectivity index (χ0n) is 10.0. The maximum absolute atomic E-state index is 12.3. The first kappa shape index (κ1) is 12.4. The quantitative estimate of drug-likeness (QED) is 0.892. The van der Waals surface area contributed by atoms with Crippen LogP contribution < -0.4 is 5.32 Å². The number of halogens is 1. The van der Waals surface area contributed by atoms with Gasteiger partial charge in [0.1, 0.15) is 5.82 Å².